The number of benzene rings is 3. The van der Waals surface area contributed by atoms with Crippen LogP contribution in [0.25, 0.3) is 0 Å². The van der Waals surface area contributed by atoms with Crippen molar-refractivity contribution < 1.29 is 22.7 Å². The number of ether oxygens (including phenoxy) is 1. The van der Waals surface area contributed by atoms with E-state index in [4.69, 9.17) is 27.9 Å². The van der Waals surface area contributed by atoms with Crippen molar-refractivity contribution in [1.29, 1.82) is 0 Å². The highest BCUT2D eigenvalue weighted by molar-refractivity contribution is 7.92. The number of nitrogens with zero attached hydrogens (tertiary/aromatic N) is 2. The van der Waals surface area contributed by atoms with E-state index in [1.807, 2.05) is 13.8 Å². The van der Waals surface area contributed by atoms with Crippen LogP contribution in [0.3, 0.4) is 0 Å². The van der Waals surface area contributed by atoms with E-state index in [9.17, 15) is 18.0 Å². The molecule has 0 aromatic heterocycles. The SMILES string of the molecule is CCNC(=O)C(C)N(Cc1c(Cl)cccc1Cl)C(=O)CN(c1ccc(C)cc1)S(=O)(=O)c1ccc(OCC)cc1. The molecule has 0 aliphatic rings. The fraction of sp³-hybridized carbons (Fsp3) is 0.310. The van der Waals surface area contributed by atoms with E-state index in [-0.39, 0.29) is 11.4 Å². The summed E-state index contributed by atoms with van der Waals surface area (Å²) in [7, 11) is -4.20. The molecule has 3 aromatic carbocycles. The standard InChI is InChI=1S/C29H33Cl2N3O5S/c1-5-32-29(36)21(4)33(18-25-26(30)8-7-9-27(25)31)28(35)19-34(22-12-10-20(3)11-13-22)40(37,38)24-16-14-23(15-17-24)39-6-2/h7-17,21H,5-6,18-19H2,1-4H3,(H,32,36). The fourth-order valence-electron chi connectivity index (χ4n) is 4.00. The number of nitrogens with one attached hydrogen (secondary N) is 1. The Kier molecular flexibility index (Phi) is 10.8. The molecule has 0 saturated carbocycles. The third-order valence-electron chi connectivity index (χ3n) is 6.23. The number of carbonyl (C=O) groups excluding carboxylic acids is 2. The molecule has 0 aliphatic carbocycles. The van der Waals surface area contributed by atoms with Crippen molar-refractivity contribution in [1.82, 2.24) is 10.2 Å². The second-order valence-electron chi connectivity index (χ2n) is 9.04. The minimum Gasteiger partial charge on any atom is -0.494 e. The lowest BCUT2D eigenvalue weighted by Gasteiger charge is -2.32. The van der Waals surface area contributed by atoms with Crippen LogP contribution in [-0.2, 0) is 26.2 Å². The van der Waals surface area contributed by atoms with Crippen LogP contribution < -0.4 is 14.4 Å². The molecule has 40 heavy (non-hydrogen) atoms. The summed E-state index contributed by atoms with van der Waals surface area (Å²) < 4.78 is 34.3. The summed E-state index contributed by atoms with van der Waals surface area (Å²) >= 11 is 12.8. The van der Waals surface area contributed by atoms with Crippen LogP contribution in [0.5, 0.6) is 5.75 Å². The molecular weight excluding hydrogens is 573 g/mol. The molecule has 214 valence electrons. The zero-order chi connectivity index (χ0) is 29.4. The van der Waals surface area contributed by atoms with Crippen LogP contribution in [0.15, 0.2) is 71.6 Å². The first-order chi connectivity index (χ1) is 19.0. The second kappa shape index (κ2) is 13.9. The third-order valence-corrected chi connectivity index (χ3v) is 8.73. The van der Waals surface area contributed by atoms with Crippen LogP contribution in [0.2, 0.25) is 10.0 Å². The van der Waals surface area contributed by atoms with Gasteiger partial charge in [-0.2, -0.15) is 0 Å². The summed E-state index contributed by atoms with van der Waals surface area (Å²) in [6, 6.07) is 16.8. The lowest BCUT2D eigenvalue weighted by atomic mass is 10.1. The van der Waals surface area contributed by atoms with Gasteiger partial charge in [-0.25, -0.2) is 8.42 Å². The van der Waals surface area contributed by atoms with E-state index in [1.54, 1.807) is 68.4 Å². The van der Waals surface area contributed by atoms with Gasteiger partial charge in [0, 0.05) is 28.7 Å². The summed E-state index contributed by atoms with van der Waals surface area (Å²) in [4.78, 5) is 28.0. The molecular formula is C29H33Cl2N3O5S. The van der Waals surface area contributed by atoms with Crippen molar-refractivity contribution in [3.63, 3.8) is 0 Å². The summed E-state index contributed by atoms with van der Waals surface area (Å²) in [6.45, 7) is 7.19. The van der Waals surface area contributed by atoms with Crippen molar-refractivity contribution >= 4 is 50.7 Å². The summed E-state index contributed by atoms with van der Waals surface area (Å²) in [5, 5.41) is 3.37. The Labute approximate surface area is 245 Å². The van der Waals surface area contributed by atoms with E-state index < -0.39 is 34.4 Å². The molecule has 2 amide bonds. The van der Waals surface area contributed by atoms with Gasteiger partial charge in [0.2, 0.25) is 11.8 Å². The molecule has 3 aromatic rings. The number of halogens is 2. The number of carbonyl (C=O) groups is 2. The Bertz CT molecular complexity index is 1410. The maximum Gasteiger partial charge on any atom is 0.264 e. The largest absolute Gasteiger partial charge is 0.494 e. The van der Waals surface area contributed by atoms with Crippen LogP contribution in [-0.4, -0.2) is 50.9 Å². The van der Waals surface area contributed by atoms with Crippen molar-refractivity contribution in [2.24, 2.45) is 0 Å². The second-order valence-corrected chi connectivity index (χ2v) is 11.7. The lowest BCUT2D eigenvalue weighted by molar-refractivity contribution is -0.139. The van der Waals surface area contributed by atoms with Gasteiger partial charge in [-0.1, -0.05) is 47.0 Å². The minimum absolute atomic E-state index is 0.0122. The molecule has 3 rings (SSSR count). The molecule has 8 nitrogen and oxygen atoms in total. The number of hydrogen-bond acceptors (Lipinski definition) is 5. The molecule has 0 spiro atoms. The van der Waals surface area contributed by atoms with Gasteiger partial charge in [0.15, 0.2) is 0 Å². The Morgan fingerprint density at radius 2 is 1.55 bits per heavy atom. The van der Waals surface area contributed by atoms with Gasteiger partial charge in [-0.15, -0.1) is 0 Å². The van der Waals surface area contributed by atoms with Crippen molar-refractivity contribution in [2.45, 2.75) is 45.2 Å². The maximum atomic E-state index is 13.9. The Morgan fingerprint density at radius 1 is 0.950 bits per heavy atom. The molecule has 1 N–H and O–H groups in total. The van der Waals surface area contributed by atoms with Crippen molar-refractivity contribution in [3.8, 4) is 5.75 Å². The topological polar surface area (TPSA) is 96.0 Å². The molecule has 0 heterocycles. The molecule has 0 aliphatic heterocycles. The Morgan fingerprint density at radius 3 is 2.10 bits per heavy atom. The van der Waals surface area contributed by atoms with Crippen molar-refractivity contribution in [2.75, 3.05) is 24.0 Å². The highest BCUT2D eigenvalue weighted by Crippen LogP contribution is 2.29. The average Bonchev–Trinajstić information content (AvgIpc) is 2.92. The number of hydrogen-bond donors (Lipinski definition) is 1. The van der Waals surface area contributed by atoms with Crippen LogP contribution in [0, 0.1) is 6.92 Å². The normalized spacial score (nSPS) is 11.9. The van der Waals surface area contributed by atoms with Gasteiger partial charge in [-0.3, -0.25) is 13.9 Å². The third kappa shape index (κ3) is 7.47. The van der Waals surface area contributed by atoms with Crippen LogP contribution >= 0.6 is 23.2 Å². The first kappa shape index (κ1) is 31.3. The molecule has 0 fully saturated rings. The average molecular weight is 607 g/mol. The molecule has 0 bridgehead atoms. The van der Waals surface area contributed by atoms with Crippen LogP contribution in [0.1, 0.15) is 31.9 Å². The molecule has 11 heteroatoms. The van der Waals surface area contributed by atoms with Crippen molar-refractivity contribution in [3.05, 3.63) is 87.9 Å². The monoisotopic (exact) mass is 605 g/mol. The van der Waals surface area contributed by atoms with Gasteiger partial charge in [0.25, 0.3) is 10.0 Å². The van der Waals surface area contributed by atoms with E-state index in [2.05, 4.69) is 5.32 Å². The molecule has 1 unspecified atom stereocenters. The fourth-order valence-corrected chi connectivity index (χ4v) is 5.93. The van der Waals surface area contributed by atoms with E-state index in [0.717, 1.165) is 9.87 Å². The minimum atomic E-state index is -4.20. The number of likely N-dealkylation sites (N-methyl/N-ethyl adjacent to an activating group) is 1. The summed E-state index contributed by atoms with van der Waals surface area (Å²) in [5.74, 6) is -0.474. The van der Waals surface area contributed by atoms with Gasteiger partial charge in [-0.05, 0) is 76.2 Å². The number of sulfonamides is 1. The Balaban J connectivity index is 2.05. The zero-order valence-electron chi connectivity index (χ0n) is 22.9. The summed E-state index contributed by atoms with van der Waals surface area (Å²) in [5.41, 5.74) is 1.68. The van der Waals surface area contributed by atoms with Gasteiger partial charge < -0.3 is 15.0 Å². The summed E-state index contributed by atoms with van der Waals surface area (Å²) in [6.07, 6.45) is 0. The Hall–Kier alpha value is -3.27. The highest BCUT2D eigenvalue weighted by atomic mass is 35.5. The highest BCUT2D eigenvalue weighted by Gasteiger charge is 2.33. The van der Waals surface area contributed by atoms with Gasteiger partial charge >= 0.3 is 0 Å². The molecule has 1 atom stereocenters. The first-order valence-electron chi connectivity index (χ1n) is 12.8. The number of aryl methyl sites for hydroxylation is 1. The van der Waals surface area contributed by atoms with E-state index in [1.165, 1.54) is 17.0 Å². The smallest absolute Gasteiger partial charge is 0.264 e. The van der Waals surface area contributed by atoms with Gasteiger partial charge in [0.05, 0.1) is 17.2 Å². The quantitative estimate of drug-likeness (QED) is 0.296. The van der Waals surface area contributed by atoms with E-state index in [0.29, 0.717) is 40.2 Å². The predicted octanol–water partition coefficient (Wildman–Crippen LogP) is 5.45. The van der Waals surface area contributed by atoms with Crippen LogP contribution in [0.4, 0.5) is 5.69 Å². The zero-order valence-corrected chi connectivity index (χ0v) is 25.2. The lowest BCUT2D eigenvalue weighted by Crippen LogP contribution is -2.51. The number of rotatable bonds is 12. The first-order valence-corrected chi connectivity index (χ1v) is 15.0. The maximum absolute atomic E-state index is 13.9. The molecule has 0 saturated heterocycles. The molecule has 0 radical (unpaired) electrons. The number of anilines is 1. The predicted molar refractivity (Wildman–Crippen MR) is 158 cm³/mol. The number of amides is 2. The van der Waals surface area contributed by atoms with E-state index >= 15 is 0 Å². The van der Waals surface area contributed by atoms with Gasteiger partial charge in [0.1, 0.15) is 18.3 Å².